The van der Waals surface area contributed by atoms with Gasteiger partial charge in [-0.2, -0.15) is 0 Å². The SMILES string of the molecule is C=Cc1ccc(CCCNCC)cc1. The molecule has 0 saturated carbocycles. The van der Waals surface area contributed by atoms with Gasteiger partial charge in [-0.05, 0) is 37.1 Å². The van der Waals surface area contributed by atoms with Crippen LogP contribution in [-0.4, -0.2) is 13.1 Å². The van der Waals surface area contributed by atoms with Crippen LogP contribution in [0.2, 0.25) is 0 Å². The lowest BCUT2D eigenvalue weighted by Gasteiger charge is -2.02. The molecule has 0 aliphatic heterocycles. The van der Waals surface area contributed by atoms with E-state index < -0.39 is 0 Å². The molecule has 0 fully saturated rings. The van der Waals surface area contributed by atoms with E-state index in [1.807, 2.05) is 6.08 Å². The van der Waals surface area contributed by atoms with E-state index in [1.54, 1.807) is 0 Å². The Morgan fingerprint density at radius 1 is 1.29 bits per heavy atom. The maximum atomic E-state index is 3.74. The summed E-state index contributed by atoms with van der Waals surface area (Å²) in [5, 5.41) is 3.32. The minimum atomic E-state index is 1.06. The highest BCUT2D eigenvalue weighted by Gasteiger charge is 1.92. The molecule has 14 heavy (non-hydrogen) atoms. The van der Waals surface area contributed by atoms with E-state index in [0.717, 1.165) is 19.5 Å². The van der Waals surface area contributed by atoms with E-state index in [9.17, 15) is 0 Å². The first-order valence-electron chi connectivity index (χ1n) is 5.29. The van der Waals surface area contributed by atoms with Crippen molar-refractivity contribution in [1.29, 1.82) is 0 Å². The van der Waals surface area contributed by atoms with Crippen molar-refractivity contribution in [2.75, 3.05) is 13.1 Å². The molecule has 1 rings (SSSR count). The van der Waals surface area contributed by atoms with Crippen molar-refractivity contribution < 1.29 is 0 Å². The van der Waals surface area contributed by atoms with Crippen molar-refractivity contribution in [3.8, 4) is 0 Å². The highest BCUT2D eigenvalue weighted by atomic mass is 14.8. The smallest absolute Gasteiger partial charge is 0.00459 e. The molecule has 76 valence electrons. The van der Waals surface area contributed by atoms with Gasteiger partial charge < -0.3 is 5.32 Å². The fourth-order valence-electron chi connectivity index (χ4n) is 1.41. The van der Waals surface area contributed by atoms with Crippen molar-refractivity contribution in [3.05, 3.63) is 42.0 Å². The van der Waals surface area contributed by atoms with Crippen LogP contribution in [0.1, 0.15) is 24.5 Å². The molecule has 0 unspecified atom stereocenters. The van der Waals surface area contributed by atoms with Crippen molar-refractivity contribution in [1.82, 2.24) is 5.32 Å². The molecule has 1 aromatic carbocycles. The first-order valence-corrected chi connectivity index (χ1v) is 5.29. The maximum Gasteiger partial charge on any atom is -0.00459 e. The van der Waals surface area contributed by atoms with Gasteiger partial charge in [0.15, 0.2) is 0 Å². The molecule has 1 N–H and O–H groups in total. The van der Waals surface area contributed by atoms with Crippen molar-refractivity contribution >= 4 is 6.08 Å². The van der Waals surface area contributed by atoms with Crippen molar-refractivity contribution in [3.63, 3.8) is 0 Å². The Morgan fingerprint density at radius 2 is 2.00 bits per heavy atom. The molecule has 0 heterocycles. The third-order valence-corrected chi connectivity index (χ3v) is 2.28. The average molecular weight is 189 g/mol. The van der Waals surface area contributed by atoms with Crippen LogP contribution in [-0.2, 0) is 6.42 Å². The predicted molar refractivity (Wildman–Crippen MR) is 63.4 cm³/mol. The summed E-state index contributed by atoms with van der Waals surface area (Å²) in [6.45, 7) is 8.05. The number of hydrogen-bond acceptors (Lipinski definition) is 1. The second kappa shape index (κ2) is 6.39. The van der Waals surface area contributed by atoms with Crippen LogP contribution < -0.4 is 5.32 Å². The van der Waals surface area contributed by atoms with Crippen LogP contribution in [0.3, 0.4) is 0 Å². The van der Waals surface area contributed by atoms with Gasteiger partial charge in [0.1, 0.15) is 0 Å². The average Bonchev–Trinajstić information content (AvgIpc) is 2.25. The van der Waals surface area contributed by atoms with E-state index in [2.05, 4.69) is 43.1 Å². The zero-order valence-corrected chi connectivity index (χ0v) is 8.92. The summed E-state index contributed by atoms with van der Waals surface area (Å²) in [6, 6.07) is 8.61. The van der Waals surface area contributed by atoms with E-state index >= 15 is 0 Å². The van der Waals surface area contributed by atoms with Gasteiger partial charge in [0.25, 0.3) is 0 Å². The molecular formula is C13H19N. The van der Waals surface area contributed by atoms with Gasteiger partial charge in [0, 0.05) is 0 Å². The zero-order chi connectivity index (χ0) is 10.2. The highest BCUT2D eigenvalue weighted by molar-refractivity contribution is 5.47. The lowest BCUT2D eigenvalue weighted by Crippen LogP contribution is -2.14. The third kappa shape index (κ3) is 3.75. The molecular weight excluding hydrogens is 170 g/mol. The molecule has 1 heteroatoms. The molecule has 1 aromatic rings. The number of nitrogens with one attached hydrogen (secondary N) is 1. The van der Waals surface area contributed by atoms with Crippen LogP contribution in [0.15, 0.2) is 30.8 Å². The molecule has 0 bridgehead atoms. The lowest BCUT2D eigenvalue weighted by atomic mass is 10.1. The summed E-state index contributed by atoms with van der Waals surface area (Å²) in [5.41, 5.74) is 2.61. The van der Waals surface area contributed by atoms with Crippen molar-refractivity contribution in [2.45, 2.75) is 19.8 Å². The third-order valence-electron chi connectivity index (χ3n) is 2.28. The normalized spacial score (nSPS) is 10.1. The van der Waals surface area contributed by atoms with Gasteiger partial charge in [0.2, 0.25) is 0 Å². The fourth-order valence-corrected chi connectivity index (χ4v) is 1.41. The number of hydrogen-bond donors (Lipinski definition) is 1. The Balaban J connectivity index is 2.32. The second-order valence-electron chi connectivity index (χ2n) is 3.40. The summed E-state index contributed by atoms with van der Waals surface area (Å²) >= 11 is 0. The summed E-state index contributed by atoms with van der Waals surface area (Å²) in [7, 11) is 0. The minimum Gasteiger partial charge on any atom is -0.317 e. The Labute approximate surface area is 86.8 Å². The van der Waals surface area contributed by atoms with Crippen LogP contribution in [0, 0.1) is 0 Å². The van der Waals surface area contributed by atoms with Gasteiger partial charge in [-0.1, -0.05) is 43.8 Å². The summed E-state index contributed by atoms with van der Waals surface area (Å²) in [6.07, 6.45) is 4.24. The highest BCUT2D eigenvalue weighted by Crippen LogP contribution is 2.07. The van der Waals surface area contributed by atoms with Crippen LogP contribution >= 0.6 is 0 Å². The lowest BCUT2D eigenvalue weighted by molar-refractivity contribution is 0.672. The zero-order valence-electron chi connectivity index (χ0n) is 8.92. The largest absolute Gasteiger partial charge is 0.317 e. The Kier molecular flexibility index (Phi) is 5.02. The number of rotatable bonds is 6. The van der Waals surface area contributed by atoms with Crippen LogP contribution in [0.4, 0.5) is 0 Å². The second-order valence-corrected chi connectivity index (χ2v) is 3.40. The van der Waals surface area contributed by atoms with Gasteiger partial charge >= 0.3 is 0 Å². The Hall–Kier alpha value is -1.08. The Bertz CT molecular complexity index is 261. The first-order chi connectivity index (χ1) is 6.86. The van der Waals surface area contributed by atoms with E-state index in [0.29, 0.717) is 0 Å². The number of benzene rings is 1. The standard InChI is InChI=1S/C13H19N/c1-3-12-7-9-13(10-8-12)6-5-11-14-4-2/h3,7-10,14H,1,4-6,11H2,2H3. The van der Waals surface area contributed by atoms with Gasteiger partial charge in [-0.3, -0.25) is 0 Å². The molecule has 0 atom stereocenters. The van der Waals surface area contributed by atoms with Crippen LogP contribution in [0.25, 0.3) is 6.08 Å². The minimum absolute atomic E-state index is 1.06. The van der Waals surface area contributed by atoms with E-state index in [4.69, 9.17) is 0 Å². The summed E-state index contributed by atoms with van der Waals surface area (Å²) < 4.78 is 0. The van der Waals surface area contributed by atoms with Crippen LogP contribution in [0.5, 0.6) is 0 Å². The van der Waals surface area contributed by atoms with E-state index in [1.165, 1.54) is 17.5 Å². The van der Waals surface area contributed by atoms with E-state index in [-0.39, 0.29) is 0 Å². The summed E-state index contributed by atoms with van der Waals surface area (Å²) in [4.78, 5) is 0. The quantitative estimate of drug-likeness (QED) is 0.678. The first kappa shape index (κ1) is 11.0. The molecule has 0 spiro atoms. The van der Waals surface area contributed by atoms with Gasteiger partial charge in [0.05, 0.1) is 0 Å². The summed E-state index contributed by atoms with van der Waals surface area (Å²) in [5.74, 6) is 0. The monoisotopic (exact) mass is 189 g/mol. The fraction of sp³-hybridized carbons (Fsp3) is 0.385. The molecule has 1 nitrogen and oxygen atoms in total. The topological polar surface area (TPSA) is 12.0 Å². The molecule has 0 radical (unpaired) electrons. The molecule has 0 aliphatic carbocycles. The molecule has 0 aromatic heterocycles. The van der Waals surface area contributed by atoms with Gasteiger partial charge in [-0.25, -0.2) is 0 Å². The Morgan fingerprint density at radius 3 is 2.57 bits per heavy atom. The predicted octanol–water partition coefficient (Wildman–Crippen LogP) is 2.87. The molecule has 0 aliphatic rings. The molecule has 0 amide bonds. The maximum absolute atomic E-state index is 3.74. The number of aryl methyl sites for hydroxylation is 1. The van der Waals surface area contributed by atoms with Crippen molar-refractivity contribution in [2.24, 2.45) is 0 Å². The molecule has 0 saturated heterocycles. The van der Waals surface area contributed by atoms with Gasteiger partial charge in [-0.15, -0.1) is 0 Å².